The van der Waals surface area contributed by atoms with Crippen molar-refractivity contribution in [1.29, 1.82) is 0 Å². The first kappa shape index (κ1) is 14.5. The van der Waals surface area contributed by atoms with Gasteiger partial charge >= 0.3 is 6.03 Å². The first-order chi connectivity index (χ1) is 8.95. The number of nitrogens with zero attached hydrogens (tertiary/aromatic N) is 1. The number of rotatable bonds is 1. The van der Waals surface area contributed by atoms with Crippen molar-refractivity contribution in [2.45, 2.75) is 20.3 Å². The normalized spacial score (nSPS) is 23.3. The Morgan fingerprint density at radius 2 is 1.84 bits per heavy atom. The Morgan fingerprint density at radius 1 is 1.21 bits per heavy atom. The molecule has 0 aliphatic carbocycles. The van der Waals surface area contributed by atoms with E-state index in [1.54, 1.807) is 18.2 Å². The minimum atomic E-state index is -0.0724. The predicted octanol–water partition coefficient (Wildman–Crippen LogP) is 4.50. The van der Waals surface area contributed by atoms with Crippen LogP contribution in [-0.2, 0) is 0 Å². The number of urea groups is 1. The summed E-state index contributed by atoms with van der Waals surface area (Å²) < 4.78 is 0. The van der Waals surface area contributed by atoms with Gasteiger partial charge in [0.05, 0.1) is 10.0 Å². The van der Waals surface area contributed by atoms with E-state index in [1.165, 1.54) is 6.42 Å². The largest absolute Gasteiger partial charge is 0.324 e. The Kier molecular flexibility index (Phi) is 4.58. The Bertz CT molecular complexity index is 469. The molecule has 1 fully saturated rings. The molecule has 3 nitrogen and oxygen atoms in total. The second-order valence-electron chi connectivity index (χ2n) is 5.41. The van der Waals surface area contributed by atoms with E-state index >= 15 is 0 Å². The van der Waals surface area contributed by atoms with Crippen LogP contribution in [0, 0.1) is 11.8 Å². The number of hydrogen-bond acceptors (Lipinski definition) is 1. The fourth-order valence-electron chi connectivity index (χ4n) is 2.61. The average molecular weight is 301 g/mol. The van der Waals surface area contributed by atoms with Crippen molar-refractivity contribution in [1.82, 2.24) is 4.90 Å². The molecule has 1 aliphatic heterocycles. The van der Waals surface area contributed by atoms with Gasteiger partial charge in [0.15, 0.2) is 0 Å². The van der Waals surface area contributed by atoms with E-state index < -0.39 is 0 Å². The third-order valence-corrected chi connectivity index (χ3v) is 4.07. The Balaban J connectivity index is 2.02. The quantitative estimate of drug-likeness (QED) is 0.813. The molecule has 1 aromatic carbocycles. The number of nitrogens with one attached hydrogen (secondary N) is 1. The number of piperidine rings is 1. The van der Waals surface area contributed by atoms with Crippen molar-refractivity contribution in [3.63, 3.8) is 0 Å². The van der Waals surface area contributed by atoms with Gasteiger partial charge in [-0.1, -0.05) is 37.0 Å². The molecule has 1 heterocycles. The molecule has 0 aromatic heterocycles. The first-order valence-electron chi connectivity index (χ1n) is 6.46. The summed E-state index contributed by atoms with van der Waals surface area (Å²) in [4.78, 5) is 14.1. The van der Waals surface area contributed by atoms with Crippen LogP contribution < -0.4 is 5.32 Å². The van der Waals surface area contributed by atoms with Crippen molar-refractivity contribution < 1.29 is 4.79 Å². The summed E-state index contributed by atoms with van der Waals surface area (Å²) in [6.07, 6.45) is 1.18. The van der Waals surface area contributed by atoms with Gasteiger partial charge in [-0.3, -0.25) is 0 Å². The minimum Gasteiger partial charge on any atom is -0.324 e. The van der Waals surface area contributed by atoms with Gasteiger partial charge in [-0.25, -0.2) is 4.79 Å². The summed E-state index contributed by atoms with van der Waals surface area (Å²) in [5, 5.41) is 3.79. The standard InChI is InChI=1S/C14H18Cl2N2O/c1-9-5-10(2)8-18(7-9)14(19)17-11-3-4-12(15)13(16)6-11/h3-4,6,9-10H,5,7-8H2,1-2H3,(H,17,19)/t9-,10-/m0/s1. The number of amides is 2. The lowest BCUT2D eigenvalue weighted by Gasteiger charge is -2.34. The summed E-state index contributed by atoms with van der Waals surface area (Å²) in [7, 11) is 0. The molecule has 1 N–H and O–H groups in total. The van der Waals surface area contributed by atoms with Gasteiger partial charge in [-0.2, -0.15) is 0 Å². The SMILES string of the molecule is C[C@H]1C[C@H](C)CN(C(=O)Nc2ccc(Cl)c(Cl)c2)C1. The molecule has 1 aliphatic rings. The Morgan fingerprint density at radius 3 is 2.42 bits per heavy atom. The molecular weight excluding hydrogens is 283 g/mol. The topological polar surface area (TPSA) is 32.3 Å². The lowest BCUT2D eigenvalue weighted by Crippen LogP contribution is -2.44. The van der Waals surface area contributed by atoms with Gasteiger partial charge in [0.25, 0.3) is 0 Å². The van der Waals surface area contributed by atoms with Gasteiger partial charge in [-0.15, -0.1) is 0 Å². The molecule has 19 heavy (non-hydrogen) atoms. The lowest BCUT2D eigenvalue weighted by atomic mass is 9.92. The maximum atomic E-state index is 12.2. The van der Waals surface area contributed by atoms with Crippen LogP contribution >= 0.6 is 23.2 Å². The van der Waals surface area contributed by atoms with E-state index in [0.717, 1.165) is 13.1 Å². The molecule has 2 amide bonds. The zero-order chi connectivity index (χ0) is 14.0. The van der Waals surface area contributed by atoms with Gasteiger partial charge in [-0.05, 0) is 36.5 Å². The van der Waals surface area contributed by atoms with Crippen LogP contribution in [0.25, 0.3) is 0 Å². The highest BCUT2D eigenvalue weighted by atomic mass is 35.5. The van der Waals surface area contributed by atoms with E-state index in [1.807, 2.05) is 4.90 Å². The molecule has 5 heteroatoms. The molecule has 0 saturated carbocycles. The fourth-order valence-corrected chi connectivity index (χ4v) is 2.90. The monoisotopic (exact) mass is 300 g/mol. The molecule has 0 radical (unpaired) electrons. The van der Waals surface area contributed by atoms with E-state index in [0.29, 0.717) is 27.6 Å². The molecule has 104 valence electrons. The zero-order valence-corrected chi connectivity index (χ0v) is 12.6. The second-order valence-corrected chi connectivity index (χ2v) is 6.22. The number of halogens is 2. The van der Waals surface area contributed by atoms with Gasteiger partial charge in [0.1, 0.15) is 0 Å². The van der Waals surface area contributed by atoms with Crippen LogP contribution in [0.1, 0.15) is 20.3 Å². The number of benzene rings is 1. The highest BCUT2D eigenvalue weighted by Gasteiger charge is 2.25. The van der Waals surface area contributed by atoms with Crippen LogP contribution in [0.2, 0.25) is 10.0 Å². The van der Waals surface area contributed by atoms with Crippen molar-refractivity contribution in [2.24, 2.45) is 11.8 Å². The highest BCUT2D eigenvalue weighted by molar-refractivity contribution is 6.42. The maximum Gasteiger partial charge on any atom is 0.321 e. The molecule has 1 aromatic rings. The molecule has 0 spiro atoms. The van der Waals surface area contributed by atoms with Crippen LogP contribution in [0.15, 0.2) is 18.2 Å². The van der Waals surface area contributed by atoms with E-state index in [9.17, 15) is 4.79 Å². The van der Waals surface area contributed by atoms with Gasteiger partial charge < -0.3 is 10.2 Å². The molecule has 2 atom stereocenters. The molecule has 0 bridgehead atoms. The summed E-state index contributed by atoms with van der Waals surface area (Å²) in [6.45, 7) is 5.96. The average Bonchev–Trinajstić information content (AvgIpc) is 2.32. The number of hydrogen-bond donors (Lipinski definition) is 1. The van der Waals surface area contributed by atoms with Gasteiger partial charge in [0.2, 0.25) is 0 Å². The maximum absolute atomic E-state index is 12.2. The van der Waals surface area contributed by atoms with Crippen LogP contribution in [-0.4, -0.2) is 24.0 Å². The number of carbonyl (C=O) groups is 1. The Labute approximate surface area is 123 Å². The predicted molar refractivity (Wildman–Crippen MR) is 80.0 cm³/mol. The van der Waals surface area contributed by atoms with E-state index in [-0.39, 0.29) is 6.03 Å². The van der Waals surface area contributed by atoms with E-state index in [4.69, 9.17) is 23.2 Å². The van der Waals surface area contributed by atoms with Crippen molar-refractivity contribution >= 4 is 34.9 Å². The lowest BCUT2D eigenvalue weighted by molar-refractivity contribution is 0.156. The first-order valence-corrected chi connectivity index (χ1v) is 7.22. The van der Waals surface area contributed by atoms with Crippen molar-refractivity contribution in [3.8, 4) is 0 Å². The summed E-state index contributed by atoms with van der Waals surface area (Å²) >= 11 is 11.8. The summed E-state index contributed by atoms with van der Waals surface area (Å²) in [5.74, 6) is 1.09. The summed E-state index contributed by atoms with van der Waals surface area (Å²) in [6, 6.07) is 5.03. The Hall–Kier alpha value is -0.930. The van der Waals surface area contributed by atoms with Crippen LogP contribution in [0.5, 0.6) is 0 Å². The highest BCUT2D eigenvalue weighted by Crippen LogP contribution is 2.26. The third kappa shape index (κ3) is 3.77. The molecular formula is C14H18Cl2N2O. The molecule has 2 rings (SSSR count). The van der Waals surface area contributed by atoms with Crippen molar-refractivity contribution in [2.75, 3.05) is 18.4 Å². The fraction of sp³-hybridized carbons (Fsp3) is 0.500. The van der Waals surface area contributed by atoms with Crippen LogP contribution in [0.4, 0.5) is 10.5 Å². The van der Waals surface area contributed by atoms with Crippen LogP contribution in [0.3, 0.4) is 0 Å². The van der Waals surface area contributed by atoms with Crippen molar-refractivity contribution in [3.05, 3.63) is 28.2 Å². The number of carbonyl (C=O) groups excluding carboxylic acids is 1. The van der Waals surface area contributed by atoms with Gasteiger partial charge in [0, 0.05) is 18.8 Å². The number of anilines is 1. The van der Waals surface area contributed by atoms with E-state index in [2.05, 4.69) is 19.2 Å². The molecule has 1 saturated heterocycles. The smallest absolute Gasteiger partial charge is 0.321 e. The summed E-state index contributed by atoms with van der Waals surface area (Å²) in [5.41, 5.74) is 0.672. The third-order valence-electron chi connectivity index (χ3n) is 3.33. The number of likely N-dealkylation sites (tertiary alicyclic amines) is 1. The second kappa shape index (κ2) is 6.02. The molecule has 0 unspecified atom stereocenters. The minimum absolute atomic E-state index is 0.0724. The zero-order valence-electron chi connectivity index (χ0n) is 11.1.